The van der Waals surface area contributed by atoms with Gasteiger partial charge in [-0.25, -0.2) is 9.78 Å². The van der Waals surface area contributed by atoms with Crippen LogP contribution in [-0.4, -0.2) is 92.0 Å². The summed E-state index contributed by atoms with van der Waals surface area (Å²) in [5.41, 5.74) is 9.32. The Morgan fingerprint density at radius 2 is 1.98 bits per heavy atom. The molecule has 2 amide bonds. The first-order valence-electron chi connectivity index (χ1n) is 10.2. The third-order valence-electron chi connectivity index (χ3n) is 5.17. The molecule has 0 unspecified atom stereocenters. The first kappa shape index (κ1) is 39.3. The highest BCUT2D eigenvalue weighted by Gasteiger charge is 2.54. The van der Waals surface area contributed by atoms with Gasteiger partial charge in [-0.05, 0) is 5.57 Å². The van der Waals surface area contributed by atoms with Crippen molar-refractivity contribution in [2.45, 2.75) is 16.3 Å². The molecule has 11 N–H and O–H groups in total. The van der Waals surface area contributed by atoms with Crippen LogP contribution in [0.5, 0.6) is 0 Å². The number of anilines is 1. The number of carboxylic acids is 1. The fourth-order valence-corrected chi connectivity index (χ4v) is 6.44. The third kappa shape index (κ3) is 8.10. The number of pyridine rings is 1. The molecule has 0 radical (unpaired) electrons. The largest absolute Gasteiger partial charge is 1.00 e. The van der Waals surface area contributed by atoms with E-state index >= 15 is 0 Å². The van der Waals surface area contributed by atoms with Crippen molar-refractivity contribution in [3.63, 3.8) is 0 Å². The second-order valence-corrected chi connectivity index (χ2v) is 10.3. The number of β-lactam (4-membered cyclic amide) rings is 1. The summed E-state index contributed by atoms with van der Waals surface area (Å²) in [6.45, 7) is 0. The number of carbonyl (C=O) groups excluding carboxylic acids is 2. The summed E-state index contributed by atoms with van der Waals surface area (Å²) in [5.74, 6) is -1.51. The topological polar surface area (TPSA) is 258 Å². The van der Waals surface area contributed by atoms with Crippen molar-refractivity contribution in [2.24, 2.45) is 5.16 Å². The maximum atomic E-state index is 12.9. The number of fused-ring (bicyclic) bond motifs is 1. The number of nitrogen functional groups attached to an aromatic ring is 1. The van der Waals surface area contributed by atoms with Gasteiger partial charge in [-0.3, -0.25) is 14.5 Å². The van der Waals surface area contributed by atoms with Gasteiger partial charge in [0.25, 0.3) is 11.8 Å². The molecule has 40 heavy (non-hydrogen) atoms. The number of oxime groups is 1. The number of hydrogen-bond acceptors (Lipinski definition) is 11. The Morgan fingerprint density at radius 3 is 2.50 bits per heavy atom. The number of thioether (sulfide) groups is 2. The van der Waals surface area contributed by atoms with E-state index in [0.717, 1.165) is 16.2 Å². The molecule has 20 heteroatoms. The Kier molecular flexibility index (Phi) is 16.8. The summed E-state index contributed by atoms with van der Waals surface area (Å²) in [7, 11) is 3.08. The lowest BCUT2D eigenvalue weighted by Gasteiger charge is -2.49. The summed E-state index contributed by atoms with van der Waals surface area (Å²) in [4.78, 5) is 48.8. The maximum Gasteiger partial charge on any atom is 0.352 e. The van der Waals surface area contributed by atoms with E-state index < -0.39 is 29.2 Å². The number of halogens is 2. The molecule has 2 atom stereocenters. The molecule has 0 spiro atoms. The molecule has 15 nitrogen and oxygen atoms in total. The van der Waals surface area contributed by atoms with E-state index in [0.29, 0.717) is 17.1 Å². The van der Waals surface area contributed by atoms with Crippen LogP contribution in [-0.2, 0) is 19.2 Å². The number of aromatic nitrogens is 2. The lowest BCUT2D eigenvalue weighted by molar-refractivity contribution is -0.647. The number of nitrogens with one attached hydrogen (secondary N) is 2. The molecular formula is C20H29Cl2N7O8S3. The summed E-state index contributed by atoms with van der Waals surface area (Å²) in [6, 6.07) is 2.92. The van der Waals surface area contributed by atoms with Crippen molar-refractivity contribution in [3.8, 4) is 0 Å². The number of rotatable bonds is 9. The zero-order chi connectivity index (χ0) is 25.1. The van der Waals surface area contributed by atoms with Crippen molar-refractivity contribution in [2.75, 3.05) is 36.8 Å². The average molecular weight is 663 g/mol. The third-order valence-corrected chi connectivity index (χ3v) is 8.28. The van der Waals surface area contributed by atoms with Crippen LogP contribution in [0.1, 0.15) is 5.69 Å². The smallest absolute Gasteiger partial charge is 0.352 e. The van der Waals surface area contributed by atoms with Crippen molar-refractivity contribution in [3.05, 3.63) is 46.9 Å². The van der Waals surface area contributed by atoms with Crippen molar-refractivity contribution in [1.29, 1.82) is 0 Å². The number of thiazole rings is 1. The minimum absolute atomic E-state index is 0. The van der Waals surface area contributed by atoms with Crippen LogP contribution in [0.25, 0.3) is 0 Å². The number of nitrogens with two attached hydrogens (primary N) is 1. The van der Waals surface area contributed by atoms with Gasteiger partial charge in [-0.1, -0.05) is 9.83 Å². The molecule has 0 aliphatic carbocycles. The van der Waals surface area contributed by atoms with Crippen LogP contribution in [0, 0.1) is 0 Å². The standard InChI is InChI=1S/C20H21N7O5S3.2ClH.3H2O/c1-22-26-5-3-11(4-6-26)33-7-10-8-34-18-14(17(29)27(18)15(10)19(30)31)24-16(28)13(25-32-2)12-9-35-20(21)23-12;;;;;/h3-6,9,14,18,22H,7-8H2,1-2H3,(H3-,21,23,24,28,30,31);2*1H;3*1H2/b25-13-;;;;;/t14-,18-;;;;;/m1...../s1. The molecule has 0 bridgehead atoms. The molecule has 224 valence electrons. The molecule has 0 saturated carbocycles. The monoisotopic (exact) mass is 661 g/mol. The Labute approximate surface area is 253 Å². The van der Waals surface area contributed by atoms with E-state index in [9.17, 15) is 19.5 Å². The molecule has 2 aromatic rings. The zero-order valence-corrected chi connectivity index (χ0v) is 24.9. The van der Waals surface area contributed by atoms with E-state index in [1.54, 1.807) is 17.1 Å². The number of nitrogens with zero attached hydrogens (tertiary/aromatic N) is 4. The van der Waals surface area contributed by atoms with Gasteiger partial charge in [0.15, 0.2) is 10.8 Å². The van der Waals surface area contributed by atoms with Crippen LogP contribution in [0.4, 0.5) is 5.13 Å². The molecule has 0 aromatic carbocycles. The lowest BCUT2D eigenvalue weighted by Crippen LogP contribution is -3.00. The van der Waals surface area contributed by atoms with E-state index in [1.807, 2.05) is 24.5 Å². The highest BCUT2D eigenvalue weighted by molar-refractivity contribution is 8.01. The van der Waals surface area contributed by atoms with Gasteiger partial charge < -0.3 is 49.8 Å². The van der Waals surface area contributed by atoms with Crippen LogP contribution < -0.4 is 33.6 Å². The predicted octanol–water partition coefficient (Wildman–Crippen LogP) is -4.98. The molecule has 1 saturated heterocycles. The lowest BCUT2D eigenvalue weighted by atomic mass is 10.0. The Bertz CT molecular complexity index is 1230. The Morgan fingerprint density at radius 1 is 1.32 bits per heavy atom. The Balaban J connectivity index is 0. The number of carboxylic acid groups (broad SMARTS) is 1. The molecule has 2 aliphatic rings. The van der Waals surface area contributed by atoms with Gasteiger partial charge in [-0.15, -0.1) is 47.3 Å². The van der Waals surface area contributed by atoms with Gasteiger partial charge in [-0.2, -0.15) is 5.43 Å². The highest BCUT2D eigenvalue weighted by Crippen LogP contribution is 2.41. The summed E-state index contributed by atoms with van der Waals surface area (Å²) in [6.07, 6.45) is 3.71. The molecule has 2 aliphatic heterocycles. The quantitative estimate of drug-likeness (QED) is 0.0654. The molecular weight excluding hydrogens is 633 g/mol. The van der Waals surface area contributed by atoms with E-state index in [2.05, 4.69) is 20.9 Å². The summed E-state index contributed by atoms with van der Waals surface area (Å²) >= 11 is 4.02. The first-order valence-corrected chi connectivity index (χ1v) is 13.1. The normalized spacial score (nSPS) is 17.2. The van der Waals surface area contributed by atoms with Gasteiger partial charge in [0, 0.05) is 33.9 Å². The molecule has 1 fully saturated rings. The van der Waals surface area contributed by atoms with E-state index in [-0.39, 0.29) is 63.5 Å². The van der Waals surface area contributed by atoms with Crippen LogP contribution in [0.2, 0.25) is 0 Å². The second-order valence-electron chi connectivity index (χ2n) is 7.27. The predicted molar refractivity (Wildman–Crippen MR) is 150 cm³/mol. The number of hydrogen-bond donors (Lipinski definition) is 4. The van der Waals surface area contributed by atoms with Gasteiger partial charge in [0.05, 0.1) is 7.05 Å². The fraction of sp³-hybridized carbons (Fsp3) is 0.300. The first-order chi connectivity index (χ1) is 16.8. The molecule has 4 heterocycles. The molecule has 4 rings (SSSR count). The number of aliphatic carboxylic acids is 1. The van der Waals surface area contributed by atoms with Gasteiger partial charge in [0.1, 0.15) is 29.9 Å². The highest BCUT2D eigenvalue weighted by atomic mass is 35.5. The van der Waals surface area contributed by atoms with Crippen LogP contribution in [0.3, 0.4) is 0 Å². The zero-order valence-electron chi connectivity index (χ0n) is 20.9. The minimum atomic E-state index is -1.18. The summed E-state index contributed by atoms with van der Waals surface area (Å²) < 4.78 is 1.78. The number of amides is 2. The van der Waals surface area contributed by atoms with Crippen molar-refractivity contribution in [1.82, 2.24) is 15.2 Å². The fourth-order valence-electron chi connectivity index (χ4n) is 3.52. The Hall–Kier alpha value is -2.84. The van der Waals surface area contributed by atoms with Crippen molar-refractivity contribution < 1.29 is 57.8 Å². The van der Waals surface area contributed by atoms with Gasteiger partial charge in [0.2, 0.25) is 12.4 Å². The minimum Gasteiger partial charge on any atom is -1.00 e. The van der Waals surface area contributed by atoms with Crippen molar-refractivity contribution >= 4 is 75.9 Å². The van der Waals surface area contributed by atoms with Crippen LogP contribution >= 0.6 is 47.3 Å². The second kappa shape index (κ2) is 17.1. The maximum absolute atomic E-state index is 12.9. The van der Waals surface area contributed by atoms with Gasteiger partial charge >= 0.3 is 5.97 Å². The van der Waals surface area contributed by atoms with Crippen LogP contribution in [0.15, 0.2) is 51.2 Å². The SMILES string of the molecule is CN[n+]1ccc(SCC2=C(C(=O)O)N3C(=O)[C@@H](NC(=O)/C(=N\OC)c4csc(N)n4)[C@H]3SC2)cc1.Cl.O.O.O.[Cl-]. The number of carbonyl (C=O) groups is 3. The summed E-state index contributed by atoms with van der Waals surface area (Å²) in [5, 5.41) is 17.5. The van der Waals surface area contributed by atoms with E-state index in [1.165, 1.54) is 35.5 Å². The molecule has 2 aromatic heterocycles. The van der Waals surface area contributed by atoms with E-state index in [4.69, 9.17) is 10.6 Å². The average Bonchev–Trinajstić information content (AvgIpc) is 3.29.